The lowest BCUT2D eigenvalue weighted by Crippen LogP contribution is -2.37. The van der Waals surface area contributed by atoms with Gasteiger partial charge in [0, 0.05) is 32.7 Å². The van der Waals surface area contributed by atoms with Gasteiger partial charge in [0.25, 0.3) is 0 Å². The van der Waals surface area contributed by atoms with Gasteiger partial charge in [-0.1, -0.05) is 42.5 Å². The van der Waals surface area contributed by atoms with Gasteiger partial charge < -0.3 is 9.64 Å². The lowest BCUT2D eigenvalue weighted by Gasteiger charge is -2.22. The number of fused-ring (bicyclic) bond motifs is 1. The molecule has 5 nitrogen and oxygen atoms in total. The highest BCUT2D eigenvalue weighted by atomic mass is 32.1. The number of thiazole rings is 1. The van der Waals surface area contributed by atoms with Gasteiger partial charge in [0.1, 0.15) is 11.6 Å². The number of hydrogen-bond acceptors (Lipinski definition) is 5. The Labute approximate surface area is 169 Å². The highest BCUT2D eigenvalue weighted by molar-refractivity contribution is 7.18. The molecule has 0 spiro atoms. The van der Waals surface area contributed by atoms with Crippen LogP contribution in [0.25, 0.3) is 10.2 Å². The van der Waals surface area contributed by atoms with Crippen molar-refractivity contribution in [1.29, 1.82) is 0 Å². The topological polar surface area (TPSA) is 45.7 Å². The maximum atomic E-state index is 12.5. The number of amides is 1. The number of carbonyl (C=O) groups is 1. The average Bonchev–Trinajstić information content (AvgIpc) is 2.99. The third kappa shape index (κ3) is 4.95. The standard InChI is InChI=1S/C22H25N3O2S/c26-22(17-27-16-21-23-19-9-4-5-10-20(19)28-21)25-12-6-11-24(13-14-25)15-18-7-2-1-3-8-18/h1-5,7-10H,6,11-17H2. The summed E-state index contributed by atoms with van der Waals surface area (Å²) >= 11 is 1.62. The highest BCUT2D eigenvalue weighted by Gasteiger charge is 2.19. The van der Waals surface area contributed by atoms with Crippen molar-refractivity contribution in [2.24, 2.45) is 0 Å². The van der Waals surface area contributed by atoms with Gasteiger partial charge >= 0.3 is 0 Å². The number of ether oxygens (including phenoxy) is 1. The zero-order valence-corrected chi connectivity index (χ0v) is 16.7. The zero-order chi connectivity index (χ0) is 19.2. The Morgan fingerprint density at radius 2 is 1.82 bits per heavy atom. The summed E-state index contributed by atoms with van der Waals surface area (Å²) in [5, 5.41) is 0.916. The van der Waals surface area contributed by atoms with E-state index in [0.717, 1.165) is 54.4 Å². The van der Waals surface area contributed by atoms with E-state index < -0.39 is 0 Å². The largest absolute Gasteiger partial charge is 0.364 e. The number of benzene rings is 2. The molecule has 0 atom stereocenters. The fourth-order valence-corrected chi connectivity index (χ4v) is 4.42. The third-order valence-corrected chi connectivity index (χ3v) is 5.99. The first kappa shape index (κ1) is 19.1. The fourth-order valence-electron chi connectivity index (χ4n) is 3.52. The van der Waals surface area contributed by atoms with Gasteiger partial charge in [-0.25, -0.2) is 4.98 Å². The van der Waals surface area contributed by atoms with Crippen LogP contribution in [0.1, 0.15) is 17.0 Å². The van der Waals surface area contributed by atoms with Crippen LogP contribution < -0.4 is 0 Å². The van der Waals surface area contributed by atoms with E-state index in [9.17, 15) is 4.79 Å². The fraction of sp³-hybridized carbons (Fsp3) is 0.364. The van der Waals surface area contributed by atoms with Crippen LogP contribution >= 0.6 is 11.3 Å². The minimum absolute atomic E-state index is 0.0719. The van der Waals surface area contributed by atoms with Crippen molar-refractivity contribution in [2.45, 2.75) is 19.6 Å². The summed E-state index contributed by atoms with van der Waals surface area (Å²) in [6, 6.07) is 18.6. The highest BCUT2D eigenvalue weighted by Crippen LogP contribution is 2.22. The van der Waals surface area contributed by atoms with Gasteiger partial charge in [-0.15, -0.1) is 11.3 Å². The molecule has 0 N–H and O–H groups in total. The van der Waals surface area contributed by atoms with Gasteiger partial charge in [0.15, 0.2) is 0 Å². The molecular weight excluding hydrogens is 370 g/mol. The monoisotopic (exact) mass is 395 g/mol. The molecule has 1 aliphatic rings. The van der Waals surface area contributed by atoms with E-state index in [1.165, 1.54) is 5.56 Å². The molecule has 4 rings (SSSR count). The van der Waals surface area contributed by atoms with E-state index in [2.05, 4.69) is 40.2 Å². The van der Waals surface area contributed by atoms with Crippen molar-refractivity contribution >= 4 is 27.5 Å². The van der Waals surface area contributed by atoms with E-state index in [-0.39, 0.29) is 12.5 Å². The van der Waals surface area contributed by atoms with Crippen molar-refractivity contribution in [3.8, 4) is 0 Å². The second-order valence-electron chi connectivity index (χ2n) is 7.06. The summed E-state index contributed by atoms with van der Waals surface area (Å²) in [5.74, 6) is 0.0719. The van der Waals surface area contributed by atoms with Crippen LogP contribution in [0.4, 0.5) is 0 Å². The summed E-state index contributed by atoms with van der Waals surface area (Å²) in [7, 11) is 0. The van der Waals surface area contributed by atoms with Gasteiger partial charge in [0.2, 0.25) is 5.91 Å². The first-order valence-corrected chi connectivity index (χ1v) is 10.6. The Hall–Kier alpha value is -2.28. The zero-order valence-electron chi connectivity index (χ0n) is 15.9. The van der Waals surface area contributed by atoms with Crippen LogP contribution in [-0.4, -0.2) is 53.5 Å². The molecule has 0 bridgehead atoms. The summed E-state index contributed by atoms with van der Waals surface area (Å²) in [4.78, 5) is 21.4. The molecular formula is C22H25N3O2S. The van der Waals surface area contributed by atoms with Crippen molar-refractivity contribution in [2.75, 3.05) is 32.8 Å². The van der Waals surface area contributed by atoms with E-state index in [4.69, 9.17) is 4.74 Å². The quantitative estimate of drug-likeness (QED) is 0.640. The molecule has 146 valence electrons. The predicted molar refractivity (Wildman–Crippen MR) is 112 cm³/mol. The average molecular weight is 396 g/mol. The maximum absolute atomic E-state index is 12.5. The predicted octanol–water partition coefficient (Wildman–Crippen LogP) is 3.55. The molecule has 0 unspecified atom stereocenters. The van der Waals surface area contributed by atoms with Gasteiger partial charge in [-0.05, 0) is 24.1 Å². The number of para-hydroxylation sites is 1. The van der Waals surface area contributed by atoms with E-state index >= 15 is 0 Å². The third-order valence-electron chi connectivity index (χ3n) is 4.98. The molecule has 1 amide bonds. The molecule has 0 radical (unpaired) electrons. The summed E-state index contributed by atoms with van der Waals surface area (Å²) in [6.45, 7) is 4.93. The molecule has 0 aliphatic carbocycles. The molecule has 2 heterocycles. The Morgan fingerprint density at radius 1 is 1.00 bits per heavy atom. The smallest absolute Gasteiger partial charge is 0.248 e. The molecule has 1 aromatic heterocycles. The van der Waals surface area contributed by atoms with E-state index in [1.807, 2.05) is 29.2 Å². The SMILES string of the molecule is O=C(COCc1nc2ccccc2s1)N1CCCN(Cc2ccccc2)CC1. The van der Waals surface area contributed by atoms with E-state index in [1.54, 1.807) is 11.3 Å². The first-order chi connectivity index (χ1) is 13.8. The maximum Gasteiger partial charge on any atom is 0.248 e. The molecule has 3 aromatic rings. The molecule has 28 heavy (non-hydrogen) atoms. The second-order valence-corrected chi connectivity index (χ2v) is 8.18. The molecule has 1 aliphatic heterocycles. The Bertz CT molecular complexity index is 879. The first-order valence-electron chi connectivity index (χ1n) is 9.74. The number of carbonyl (C=O) groups excluding carboxylic acids is 1. The van der Waals surface area contributed by atoms with Gasteiger partial charge in [0.05, 0.1) is 16.8 Å². The number of hydrogen-bond donors (Lipinski definition) is 0. The van der Waals surface area contributed by atoms with Crippen molar-refractivity contribution < 1.29 is 9.53 Å². The molecule has 0 saturated carbocycles. The van der Waals surface area contributed by atoms with Crippen LogP contribution in [0, 0.1) is 0 Å². The number of nitrogens with zero attached hydrogens (tertiary/aromatic N) is 3. The van der Waals surface area contributed by atoms with Crippen LogP contribution in [0.3, 0.4) is 0 Å². The second kappa shape index (κ2) is 9.28. The van der Waals surface area contributed by atoms with Crippen molar-refractivity contribution in [3.05, 3.63) is 65.2 Å². The Balaban J connectivity index is 1.23. The minimum atomic E-state index is 0.0719. The van der Waals surface area contributed by atoms with Gasteiger partial charge in [-0.3, -0.25) is 9.69 Å². The lowest BCUT2D eigenvalue weighted by molar-refractivity contribution is -0.136. The van der Waals surface area contributed by atoms with Crippen LogP contribution in [0.2, 0.25) is 0 Å². The van der Waals surface area contributed by atoms with Crippen molar-refractivity contribution in [3.63, 3.8) is 0 Å². The van der Waals surface area contributed by atoms with Gasteiger partial charge in [-0.2, -0.15) is 0 Å². The Kier molecular flexibility index (Phi) is 6.31. The van der Waals surface area contributed by atoms with Crippen molar-refractivity contribution in [1.82, 2.24) is 14.8 Å². The van der Waals surface area contributed by atoms with E-state index in [0.29, 0.717) is 6.61 Å². The minimum Gasteiger partial charge on any atom is -0.364 e. The number of aromatic nitrogens is 1. The van der Waals surface area contributed by atoms with Crippen LogP contribution in [-0.2, 0) is 22.7 Å². The normalized spacial score (nSPS) is 15.6. The molecule has 1 saturated heterocycles. The lowest BCUT2D eigenvalue weighted by atomic mass is 10.2. The molecule has 6 heteroatoms. The van der Waals surface area contributed by atoms with Crippen LogP contribution in [0.5, 0.6) is 0 Å². The molecule has 2 aromatic carbocycles. The van der Waals surface area contributed by atoms with Crippen LogP contribution in [0.15, 0.2) is 54.6 Å². The molecule has 1 fully saturated rings. The summed E-state index contributed by atoms with van der Waals surface area (Å²) in [6.07, 6.45) is 0.996. The summed E-state index contributed by atoms with van der Waals surface area (Å²) in [5.41, 5.74) is 2.31. The number of rotatable bonds is 6. The Morgan fingerprint density at radius 3 is 2.68 bits per heavy atom. The summed E-state index contributed by atoms with van der Waals surface area (Å²) < 4.78 is 6.82.